The van der Waals surface area contributed by atoms with E-state index in [4.69, 9.17) is 18.1 Å². The van der Waals surface area contributed by atoms with Gasteiger partial charge in [-0.05, 0) is 84.3 Å². The second kappa shape index (κ2) is 10.4. The summed E-state index contributed by atoms with van der Waals surface area (Å²) in [5.41, 5.74) is 5.23. The van der Waals surface area contributed by atoms with E-state index in [0.29, 0.717) is 38.8 Å². The van der Waals surface area contributed by atoms with Crippen molar-refractivity contribution in [2.45, 2.75) is 0 Å². The predicted molar refractivity (Wildman–Crippen MR) is 190 cm³/mol. The van der Waals surface area contributed by atoms with E-state index in [-0.39, 0.29) is 35.3 Å². The number of fused-ring (bicyclic) bond motifs is 5. The Morgan fingerprint density at radius 1 is 0.378 bits per heavy atom. The molecule has 0 fully saturated rings. The third kappa shape index (κ3) is 4.09. The Labute approximate surface area is 275 Å². The van der Waals surface area contributed by atoms with Crippen molar-refractivity contribution in [3.8, 4) is 44.5 Å². The Bertz CT molecular complexity index is 3000. The average Bonchev–Trinajstić information content (AvgIpc) is 3.59. The summed E-state index contributed by atoms with van der Waals surface area (Å²) in [5.74, 6) is 0. The molecule has 0 radical (unpaired) electrons. The molecule has 1 nitrogen and oxygen atoms in total. The molecule has 9 rings (SSSR count). The zero-order valence-corrected chi connectivity index (χ0v) is 23.8. The van der Waals surface area contributed by atoms with Crippen molar-refractivity contribution in [2.75, 3.05) is 0 Å². The van der Waals surface area contributed by atoms with Crippen LogP contribution in [0.4, 0.5) is 0 Å². The normalized spacial score (nSPS) is 14.7. The van der Waals surface area contributed by atoms with E-state index in [1.54, 1.807) is 12.1 Å². The molecule has 45 heavy (non-hydrogen) atoms. The third-order valence-electron chi connectivity index (χ3n) is 8.43. The van der Waals surface area contributed by atoms with Gasteiger partial charge in [-0.1, -0.05) is 151 Å². The monoisotopic (exact) mass is 582 g/mol. The Hall–Kier alpha value is -5.92. The van der Waals surface area contributed by atoms with Crippen LogP contribution >= 0.6 is 0 Å². The largest absolute Gasteiger partial charge is 0.456 e. The van der Waals surface area contributed by atoms with Gasteiger partial charge < -0.3 is 4.42 Å². The van der Waals surface area contributed by atoms with Crippen LogP contribution in [0.25, 0.3) is 88.0 Å². The van der Waals surface area contributed by atoms with Crippen LogP contribution in [-0.4, -0.2) is 0 Å². The average molecular weight is 583 g/mol. The molecule has 0 amide bonds. The number of hydrogen-bond acceptors (Lipinski definition) is 1. The summed E-state index contributed by atoms with van der Waals surface area (Å²) in [6, 6.07) is 30.5. The van der Waals surface area contributed by atoms with E-state index in [0.717, 1.165) is 38.1 Å². The fraction of sp³-hybridized carbons (Fsp3) is 0. The standard InChI is InChI=1S/C44H28O/c1-3-15-29(16-4-1)32-19-7-8-20-33(32)43-36-23-11-9-21-34(36)42(35-22-10-12-24-37(35)43)31-27-39(30-17-5-2-6-18-30)44-38-25-13-14-26-40(38)45-41(44)28-31/h1-28H/i1D,2D,3D,4D,5D,6D,15D,16D,17D,18D. The van der Waals surface area contributed by atoms with E-state index in [2.05, 4.69) is 0 Å². The first-order valence-electron chi connectivity index (χ1n) is 19.6. The molecule has 0 aliphatic rings. The van der Waals surface area contributed by atoms with E-state index in [1.165, 1.54) is 0 Å². The molecule has 210 valence electrons. The molecule has 0 atom stereocenters. The maximum absolute atomic E-state index is 8.97. The van der Waals surface area contributed by atoms with Gasteiger partial charge in [-0.3, -0.25) is 0 Å². The molecule has 9 aromatic rings. The summed E-state index contributed by atoms with van der Waals surface area (Å²) in [6.07, 6.45) is 0. The smallest absolute Gasteiger partial charge is 0.136 e. The van der Waals surface area contributed by atoms with Gasteiger partial charge in [0.1, 0.15) is 11.2 Å². The second-order valence-electron chi connectivity index (χ2n) is 10.9. The fourth-order valence-corrected chi connectivity index (χ4v) is 6.61. The van der Waals surface area contributed by atoms with Gasteiger partial charge in [0.05, 0.1) is 13.7 Å². The lowest BCUT2D eigenvalue weighted by Gasteiger charge is -2.20. The first-order chi connectivity index (χ1) is 26.5. The maximum Gasteiger partial charge on any atom is 0.136 e. The van der Waals surface area contributed by atoms with Gasteiger partial charge in [0, 0.05) is 10.8 Å². The minimum atomic E-state index is -0.473. The van der Waals surface area contributed by atoms with E-state index in [9.17, 15) is 0 Å². The predicted octanol–water partition coefficient (Wildman–Crippen LogP) is 12.6. The van der Waals surface area contributed by atoms with Crippen LogP contribution in [0, 0.1) is 0 Å². The van der Waals surface area contributed by atoms with Gasteiger partial charge in [0.2, 0.25) is 0 Å². The van der Waals surface area contributed by atoms with Crippen molar-refractivity contribution in [1.82, 2.24) is 0 Å². The van der Waals surface area contributed by atoms with Gasteiger partial charge in [-0.25, -0.2) is 0 Å². The molecule has 0 saturated heterocycles. The molecule has 1 heterocycles. The number of furan rings is 1. The van der Waals surface area contributed by atoms with Gasteiger partial charge in [0.25, 0.3) is 0 Å². The summed E-state index contributed by atoms with van der Waals surface area (Å²) in [6.45, 7) is 0. The Morgan fingerprint density at radius 2 is 0.867 bits per heavy atom. The third-order valence-corrected chi connectivity index (χ3v) is 8.43. The molecule has 0 aliphatic heterocycles. The zero-order valence-electron chi connectivity index (χ0n) is 33.8. The van der Waals surface area contributed by atoms with Crippen molar-refractivity contribution < 1.29 is 18.1 Å². The Morgan fingerprint density at radius 3 is 1.49 bits per heavy atom. The van der Waals surface area contributed by atoms with Crippen molar-refractivity contribution in [3.63, 3.8) is 0 Å². The summed E-state index contributed by atoms with van der Waals surface area (Å²) in [7, 11) is 0. The lowest BCUT2D eigenvalue weighted by atomic mass is 9.83. The minimum Gasteiger partial charge on any atom is -0.456 e. The van der Waals surface area contributed by atoms with Crippen molar-refractivity contribution in [1.29, 1.82) is 0 Å². The molecule has 0 unspecified atom stereocenters. The summed E-state index contributed by atoms with van der Waals surface area (Å²) in [4.78, 5) is 0. The van der Waals surface area contributed by atoms with Gasteiger partial charge in [0.15, 0.2) is 0 Å². The lowest BCUT2D eigenvalue weighted by molar-refractivity contribution is 0.669. The fourth-order valence-electron chi connectivity index (χ4n) is 6.61. The number of benzene rings is 8. The molecule has 1 aromatic heterocycles. The maximum atomic E-state index is 8.97. The van der Waals surface area contributed by atoms with Crippen molar-refractivity contribution in [3.05, 3.63) is 170 Å². The van der Waals surface area contributed by atoms with Crippen LogP contribution in [0.15, 0.2) is 174 Å². The topological polar surface area (TPSA) is 13.1 Å². The minimum absolute atomic E-state index is 0.0715. The van der Waals surface area contributed by atoms with E-state index >= 15 is 0 Å². The van der Waals surface area contributed by atoms with Crippen LogP contribution in [0.1, 0.15) is 13.7 Å². The summed E-state index contributed by atoms with van der Waals surface area (Å²) in [5, 5.41) is 4.75. The number of rotatable bonds is 4. The van der Waals surface area contributed by atoms with E-state index in [1.807, 2.05) is 97.1 Å². The zero-order chi connectivity index (χ0) is 38.4. The van der Waals surface area contributed by atoms with Crippen LogP contribution in [0.2, 0.25) is 0 Å². The highest BCUT2D eigenvalue weighted by atomic mass is 16.3. The molecule has 8 aromatic carbocycles. The first-order valence-corrected chi connectivity index (χ1v) is 14.6. The van der Waals surface area contributed by atoms with Gasteiger partial charge in [-0.15, -0.1) is 0 Å². The highest BCUT2D eigenvalue weighted by molar-refractivity contribution is 6.23. The SMILES string of the molecule is [2H]c1c([2H])c([2H])c(-c2ccccc2-c2c3ccccc3c(-c3cc(-c4c([2H])c([2H])c([2H])c([2H])c4[2H])c4c(c3)oc3ccccc34)c3ccccc23)c([2H])c1[2H]. The lowest BCUT2D eigenvalue weighted by Crippen LogP contribution is -1.93. The Balaban J connectivity index is 1.42. The highest BCUT2D eigenvalue weighted by Crippen LogP contribution is 2.48. The van der Waals surface area contributed by atoms with E-state index < -0.39 is 36.3 Å². The van der Waals surface area contributed by atoms with Crippen LogP contribution in [0.3, 0.4) is 0 Å². The molecule has 0 aliphatic carbocycles. The number of hydrogen-bond donors (Lipinski definition) is 0. The first kappa shape index (κ1) is 17.4. The molecule has 0 saturated carbocycles. The molecule has 1 heteroatoms. The van der Waals surface area contributed by atoms with Gasteiger partial charge >= 0.3 is 0 Å². The molecular weight excluding hydrogens is 544 g/mol. The Kier molecular flexibility index (Phi) is 4.01. The quantitative estimate of drug-likeness (QED) is 0.188. The van der Waals surface area contributed by atoms with Crippen LogP contribution in [0.5, 0.6) is 0 Å². The van der Waals surface area contributed by atoms with Crippen LogP contribution < -0.4 is 0 Å². The second-order valence-corrected chi connectivity index (χ2v) is 10.9. The van der Waals surface area contributed by atoms with Crippen molar-refractivity contribution in [2.24, 2.45) is 0 Å². The molecule has 0 N–H and O–H groups in total. The molecule has 0 spiro atoms. The van der Waals surface area contributed by atoms with Crippen molar-refractivity contribution >= 4 is 43.5 Å². The number of para-hydroxylation sites is 1. The highest BCUT2D eigenvalue weighted by Gasteiger charge is 2.21. The molecular formula is C44H28O. The summed E-state index contributed by atoms with van der Waals surface area (Å²) >= 11 is 0. The summed E-state index contributed by atoms with van der Waals surface area (Å²) < 4.78 is 92.3. The van der Waals surface area contributed by atoms with Gasteiger partial charge in [-0.2, -0.15) is 0 Å². The van der Waals surface area contributed by atoms with Crippen LogP contribution in [-0.2, 0) is 0 Å². The molecule has 0 bridgehead atoms.